The molecule has 2 saturated carbocycles. The van der Waals surface area contributed by atoms with Gasteiger partial charge in [-0.25, -0.2) is 4.79 Å². The molecule has 3 rings (SSSR count). The standard InChI is InChI=1S/C22H32O4/c23-14-19-8-4-7-17(12-19)11-18-9-10-21(24)20(13-18)22(25)26-15-16-5-2-1-3-6-16/h9-10,13,16-17,19,23-24H,1-8,11-12,14-15H2. The maximum absolute atomic E-state index is 12.4. The van der Waals surface area contributed by atoms with Crippen molar-refractivity contribution in [2.75, 3.05) is 13.2 Å². The van der Waals surface area contributed by atoms with Crippen LogP contribution in [-0.4, -0.2) is 29.4 Å². The Bertz CT molecular complexity index is 592. The molecule has 2 aliphatic rings. The summed E-state index contributed by atoms with van der Waals surface area (Å²) < 4.78 is 5.50. The largest absolute Gasteiger partial charge is 0.507 e. The zero-order chi connectivity index (χ0) is 18.4. The van der Waals surface area contributed by atoms with Gasteiger partial charge in [0.1, 0.15) is 11.3 Å². The van der Waals surface area contributed by atoms with Crippen molar-refractivity contribution in [3.05, 3.63) is 29.3 Å². The molecule has 2 unspecified atom stereocenters. The van der Waals surface area contributed by atoms with Crippen molar-refractivity contribution in [2.45, 2.75) is 64.2 Å². The number of benzene rings is 1. The molecule has 4 heteroatoms. The average Bonchev–Trinajstić information content (AvgIpc) is 2.68. The summed E-state index contributed by atoms with van der Waals surface area (Å²) >= 11 is 0. The molecule has 0 amide bonds. The van der Waals surface area contributed by atoms with E-state index in [-0.39, 0.29) is 17.9 Å². The Morgan fingerprint density at radius 2 is 1.73 bits per heavy atom. The lowest BCUT2D eigenvalue weighted by Crippen LogP contribution is -2.20. The van der Waals surface area contributed by atoms with E-state index < -0.39 is 5.97 Å². The first-order valence-corrected chi connectivity index (χ1v) is 10.3. The molecule has 2 N–H and O–H groups in total. The second kappa shape index (κ2) is 9.40. The Kier molecular flexibility index (Phi) is 6.95. The Balaban J connectivity index is 1.58. The van der Waals surface area contributed by atoms with Crippen molar-refractivity contribution in [3.63, 3.8) is 0 Å². The van der Waals surface area contributed by atoms with E-state index in [2.05, 4.69) is 0 Å². The number of ether oxygens (including phenoxy) is 1. The summed E-state index contributed by atoms with van der Waals surface area (Å²) in [5, 5.41) is 19.5. The van der Waals surface area contributed by atoms with Gasteiger partial charge in [0.15, 0.2) is 0 Å². The summed E-state index contributed by atoms with van der Waals surface area (Å²) in [7, 11) is 0. The molecule has 1 aromatic carbocycles. The summed E-state index contributed by atoms with van der Waals surface area (Å²) in [6.07, 6.45) is 11.4. The number of esters is 1. The van der Waals surface area contributed by atoms with Gasteiger partial charge in [-0.1, -0.05) is 38.2 Å². The molecule has 0 saturated heterocycles. The second-order valence-corrected chi connectivity index (χ2v) is 8.24. The maximum atomic E-state index is 12.4. The number of aliphatic hydroxyl groups is 1. The summed E-state index contributed by atoms with van der Waals surface area (Å²) in [4.78, 5) is 12.4. The Hall–Kier alpha value is -1.55. The fourth-order valence-electron chi connectivity index (χ4n) is 4.59. The first-order chi connectivity index (χ1) is 12.7. The van der Waals surface area contributed by atoms with Gasteiger partial charge in [0.2, 0.25) is 0 Å². The number of aliphatic hydroxyl groups excluding tert-OH is 1. The van der Waals surface area contributed by atoms with Crippen LogP contribution in [0, 0.1) is 17.8 Å². The van der Waals surface area contributed by atoms with Crippen molar-refractivity contribution < 1.29 is 19.7 Å². The molecule has 26 heavy (non-hydrogen) atoms. The number of hydrogen-bond acceptors (Lipinski definition) is 4. The van der Waals surface area contributed by atoms with Gasteiger partial charge in [-0.3, -0.25) is 0 Å². The molecular weight excluding hydrogens is 328 g/mol. The normalized spacial score (nSPS) is 24.3. The minimum absolute atomic E-state index is 0.000673. The van der Waals surface area contributed by atoms with Crippen molar-refractivity contribution in [3.8, 4) is 5.75 Å². The molecule has 2 aliphatic carbocycles. The Morgan fingerprint density at radius 3 is 2.50 bits per heavy atom. The number of rotatable bonds is 6. The Labute approximate surface area is 156 Å². The van der Waals surface area contributed by atoms with Gasteiger partial charge in [-0.2, -0.15) is 0 Å². The minimum atomic E-state index is -0.410. The molecule has 0 aliphatic heterocycles. The van der Waals surface area contributed by atoms with Crippen molar-refractivity contribution in [2.24, 2.45) is 17.8 Å². The highest BCUT2D eigenvalue weighted by Gasteiger charge is 2.23. The smallest absolute Gasteiger partial charge is 0.341 e. The summed E-state index contributed by atoms with van der Waals surface area (Å²) in [5.74, 6) is 1.00. The van der Waals surface area contributed by atoms with Crippen LogP contribution in [0.2, 0.25) is 0 Å². The van der Waals surface area contributed by atoms with Crippen LogP contribution in [0.3, 0.4) is 0 Å². The van der Waals surface area contributed by atoms with Crippen LogP contribution < -0.4 is 0 Å². The molecule has 0 radical (unpaired) electrons. The molecule has 4 nitrogen and oxygen atoms in total. The number of carbonyl (C=O) groups is 1. The zero-order valence-electron chi connectivity index (χ0n) is 15.7. The van der Waals surface area contributed by atoms with Crippen molar-refractivity contribution in [1.82, 2.24) is 0 Å². The van der Waals surface area contributed by atoms with E-state index in [1.165, 1.54) is 25.7 Å². The highest BCUT2D eigenvalue weighted by molar-refractivity contribution is 5.92. The van der Waals surface area contributed by atoms with Crippen LogP contribution in [0.1, 0.15) is 73.7 Å². The van der Waals surface area contributed by atoms with Gasteiger partial charge in [0.05, 0.1) is 6.61 Å². The SMILES string of the molecule is O=C(OCC1CCCCC1)c1cc(CC2CCCC(CO)C2)ccc1O. The lowest BCUT2D eigenvalue weighted by molar-refractivity contribution is 0.0407. The summed E-state index contributed by atoms with van der Waals surface area (Å²) in [6, 6.07) is 5.30. The minimum Gasteiger partial charge on any atom is -0.507 e. The van der Waals surface area contributed by atoms with Gasteiger partial charge < -0.3 is 14.9 Å². The van der Waals surface area contributed by atoms with E-state index in [1.807, 2.05) is 6.07 Å². The summed E-state index contributed by atoms with van der Waals surface area (Å²) in [5.41, 5.74) is 1.35. The first kappa shape index (κ1) is 19.2. The van der Waals surface area contributed by atoms with Crippen molar-refractivity contribution >= 4 is 5.97 Å². The molecule has 2 atom stereocenters. The number of carbonyl (C=O) groups excluding carboxylic acids is 1. The maximum Gasteiger partial charge on any atom is 0.341 e. The molecule has 144 valence electrons. The van der Waals surface area contributed by atoms with E-state index in [4.69, 9.17) is 4.74 Å². The third-order valence-electron chi connectivity index (χ3n) is 6.13. The predicted molar refractivity (Wildman–Crippen MR) is 101 cm³/mol. The topological polar surface area (TPSA) is 66.8 Å². The van der Waals surface area contributed by atoms with E-state index in [0.29, 0.717) is 24.4 Å². The number of hydrogen-bond donors (Lipinski definition) is 2. The van der Waals surface area contributed by atoms with Crippen LogP contribution in [0.25, 0.3) is 0 Å². The van der Waals surface area contributed by atoms with E-state index in [1.54, 1.807) is 12.1 Å². The fourth-order valence-corrected chi connectivity index (χ4v) is 4.59. The fraction of sp³-hybridized carbons (Fsp3) is 0.682. The zero-order valence-corrected chi connectivity index (χ0v) is 15.7. The molecule has 0 aromatic heterocycles. The third kappa shape index (κ3) is 5.23. The van der Waals surface area contributed by atoms with Gasteiger partial charge >= 0.3 is 5.97 Å². The molecule has 0 bridgehead atoms. The summed E-state index contributed by atoms with van der Waals surface area (Å²) in [6.45, 7) is 0.730. The van der Waals surface area contributed by atoms with E-state index >= 15 is 0 Å². The number of aromatic hydroxyl groups is 1. The molecule has 2 fully saturated rings. The van der Waals surface area contributed by atoms with Gasteiger partial charge in [0.25, 0.3) is 0 Å². The van der Waals surface area contributed by atoms with Gasteiger partial charge in [-0.15, -0.1) is 0 Å². The molecule has 0 heterocycles. The Morgan fingerprint density at radius 1 is 1.00 bits per heavy atom. The molecule has 1 aromatic rings. The van der Waals surface area contributed by atoms with Crippen molar-refractivity contribution in [1.29, 1.82) is 0 Å². The first-order valence-electron chi connectivity index (χ1n) is 10.3. The number of phenols is 1. The third-order valence-corrected chi connectivity index (χ3v) is 6.13. The average molecular weight is 360 g/mol. The van der Waals surface area contributed by atoms with E-state index in [0.717, 1.165) is 44.1 Å². The van der Waals surface area contributed by atoms with Crippen LogP contribution in [0.5, 0.6) is 5.75 Å². The molecular formula is C22H32O4. The highest BCUT2D eigenvalue weighted by atomic mass is 16.5. The van der Waals surface area contributed by atoms with Crippen LogP contribution >= 0.6 is 0 Å². The quantitative estimate of drug-likeness (QED) is 0.735. The second-order valence-electron chi connectivity index (χ2n) is 8.24. The van der Waals surface area contributed by atoms with Crippen LogP contribution in [0.15, 0.2) is 18.2 Å². The van der Waals surface area contributed by atoms with Crippen LogP contribution in [-0.2, 0) is 11.2 Å². The van der Waals surface area contributed by atoms with Crippen LogP contribution in [0.4, 0.5) is 0 Å². The highest BCUT2D eigenvalue weighted by Crippen LogP contribution is 2.32. The van der Waals surface area contributed by atoms with E-state index in [9.17, 15) is 15.0 Å². The molecule has 0 spiro atoms. The lowest BCUT2D eigenvalue weighted by Gasteiger charge is -2.28. The lowest BCUT2D eigenvalue weighted by atomic mass is 9.79. The van der Waals surface area contributed by atoms with Gasteiger partial charge in [-0.05, 0) is 67.6 Å². The monoisotopic (exact) mass is 360 g/mol. The number of phenolic OH excluding ortho intramolecular Hbond substituents is 1. The van der Waals surface area contributed by atoms with Gasteiger partial charge in [0, 0.05) is 6.61 Å². The predicted octanol–water partition coefficient (Wildman–Crippen LogP) is 4.47.